The van der Waals surface area contributed by atoms with Crippen LogP contribution in [0.4, 0.5) is 4.39 Å². The fourth-order valence-corrected chi connectivity index (χ4v) is 2.77. The molecule has 90 valence electrons. The van der Waals surface area contributed by atoms with E-state index in [-0.39, 0.29) is 11.4 Å². The van der Waals surface area contributed by atoms with E-state index in [4.69, 9.17) is 4.74 Å². The van der Waals surface area contributed by atoms with Crippen molar-refractivity contribution in [1.29, 1.82) is 0 Å². The summed E-state index contributed by atoms with van der Waals surface area (Å²) in [6.45, 7) is 0. The van der Waals surface area contributed by atoms with Crippen LogP contribution in [0.3, 0.4) is 0 Å². The summed E-state index contributed by atoms with van der Waals surface area (Å²) in [6, 6.07) is 6.56. The van der Waals surface area contributed by atoms with Crippen LogP contribution in [0.25, 0.3) is 0 Å². The van der Waals surface area contributed by atoms with Crippen molar-refractivity contribution < 1.29 is 9.13 Å². The van der Waals surface area contributed by atoms with E-state index >= 15 is 0 Å². The van der Waals surface area contributed by atoms with E-state index in [0.29, 0.717) is 0 Å². The molecule has 17 heavy (non-hydrogen) atoms. The van der Waals surface area contributed by atoms with Gasteiger partial charge in [-0.05, 0) is 30.7 Å². The van der Waals surface area contributed by atoms with E-state index in [0.717, 1.165) is 17.1 Å². The zero-order valence-corrected chi connectivity index (χ0v) is 10.5. The van der Waals surface area contributed by atoms with Crippen LogP contribution in [0.5, 0.6) is 0 Å². The lowest BCUT2D eigenvalue weighted by Crippen LogP contribution is -2.32. The first kappa shape index (κ1) is 12.4. The third kappa shape index (κ3) is 3.20. The highest BCUT2D eigenvalue weighted by Gasteiger charge is 2.26. The average Bonchev–Trinajstić information content (AvgIpc) is 2.39. The van der Waals surface area contributed by atoms with E-state index in [1.165, 1.54) is 12.1 Å². The van der Waals surface area contributed by atoms with Crippen molar-refractivity contribution in [3.05, 3.63) is 54.4 Å². The summed E-state index contributed by atoms with van der Waals surface area (Å²) in [5.74, 6) is 0.631. The molecule has 0 heterocycles. The predicted molar refractivity (Wildman–Crippen MR) is 69.8 cm³/mol. The van der Waals surface area contributed by atoms with Crippen LogP contribution in [-0.4, -0.2) is 18.5 Å². The molecular weight excluding hydrogens is 235 g/mol. The summed E-state index contributed by atoms with van der Waals surface area (Å²) >= 11 is 1.68. The van der Waals surface area contributed by atoms with Crippen molar-refractivity contribution in [2.75, 3.05) is 12.9 Å². The van der Waals surface area contributed by atoms with E-state index in [2.05, 4.69) is 12.2 Å². The van der Waals surface area contributed by atoms with Gasteiger partial charge in [0.15, 0.2) is 0 Å². The third-order valence-electron chi connectivity index (χ3n) is 2.81. The van der Waals surface area contributed by atoms with Crippen LogP contribution in [0.15, 0.2) is 53.5 Å². The maximum Gasteiger partial charge on any atom is 0.123 e. The Morgan fingerprint density at radius 3 is 2.65 bits per heavy atom. The SMILES string of the molecule is COC1(CSc2ccc(F)cc2)C=CC=CC1. The summed E-state index contributed by atoms with van der Waals surface area (Å²) < 4.78 is 18.4. The van der Waals surface area contributed by atoms with E-state index in [9.17, 15) is 4.39 Å². The summed E-state index contributed by atoms with van der Waals surface area (Å²) in [5.41, 5.74) is -0.228. The largest absolute Gasteiger partial charge is 0.373 e. The van der Waals surface area contributed by atoms with Gasteiger partial charge in [-0.1, -0.05) is 24.3 Å². The van der Waals surface area contributed by atoms with Gasteiger partial charge in [-0.25, -0.2) is 4.39 Å². The fourth-order valence-electron chi connectivity index (χ4n) is 1.70. The number of rotatable bonds is 4. The zero-order chi connectivity index (χ0) is 12.1. The Morgan fingerprint density at radius 2 is 2.06 bits per heavy atom. The van der Waals surface area contributed by atoms with Crippen LogP contribution in [0.2, 0.25) is 0 Å². The minimum Gasteiger partial charge on any atom is -0.373 e. The minimum atomic E-state index is -0.228. The Labute approximate surface area is 105 Å². The maximum absolute atomic E-state index is 12.8. The van der Waals surface area contributed by atoms with Crippen molar-refractivity contribution in [3.63, 3.8) is 0 Å². The molecule has 1 nitrogen and oxygen atoms in total. The van der Waals surface area contributed by atoms with Gasteiger partial charge >= 0.3 is 0 Å². The van der Waals surface area contributed by atoms with Crippen molar-refractivity contribution in [2.45, 2.75) is 16.9 Å². The maximum atomic E-state index is 12.8. The Kier molecular flexibility index (Phi) is 4.02. The van der Waals surface area contributed by atoms with Crippen molar-refractivity contribution >= 4 is 11.8 Å². The van der Waals surface area contributed by atoms with Gasteiger partial charge in [-0.3, -0.25) is 0 Å². The van der Waals surface area contributed by atoms with Crippen molar-refractivity contribution in [1.82, 2.24) is 0 Å². The lowest BCUT2D eigenvalue weighted by molar-refractivity contribution is 0.0548. The van der Waals surface area contributed by atoms with Gasteiger partial charge in [-0.2, -0.15) is 0 Å². The number of thioether (sulfide) groups is 1. The van der Waals surface area contributed by atoms with Gasteiger partial charge in [0.05, 0.1) is 5.60 Å². The topological polar surface area (TPSA) is 9.23 Å². The second-order valence-electron chi connectivity index (χ2n) is 4.00. The molecule has 1 unspecified atom stereocenters. The predicted octanol–water partition coefficient (Wildman–Crippen LogP) is 3.82. The van der Waals surface area contributed by atoms with E-state index in [1.54, 1.807) is 31.0 Å². The van der Waals surface area contributed by atoms with Crippen LogP contribution >= 0.6 is 11.8 Å². The monoisotopic (exact) mass is 250 g/mol. The molecule has 1 aliphatic carbocycles. The lowest BCUT2D eigenvalue weighted by Gasteiger charge is -2.29. The molecule has 1 aromatic carbocycles. The molecule has 0 bridgehead atoms. The molecule has 0 radical (unpaired) electrons. The molecule has 0 aliphatic heterocycles. The average molecular weight is 250 g/mol. The molecule has 0 saturated carbocycles. The van der Waals surface area contributed by atoms with Crippen LogP contribution in [0.1, 0.15) is 6.42 Å². The Hall–Kier alpha value is -1.06. The van der Waals surface area contributed by atoms with Crippen molar-refractivity contribution in [2.24, 2.45) is 0 Å². The van der Waals surface area contributed by atoms with Gasteiger partial charge in [0.1, 0.15) is 5.82 Å². The smallest absolute Gasteiger partial charge is 0.123 e. The third-order valence-corrected chi connectivity index (χ3v) is 4.05. The van der Waals surface area contributed by atoms with Gasteiger partial charge < -0.3 is 4.74 Å². The summed E-state index contributed by atoms with van der Waals surface area (Å²) in [5, 5.41) is 0. The molecule has 0 saturated heterocycles. The number of benzene rings is 1. The van der Waals surface area contributed by atoms with Gasteiger partial charge in [-0.15, -0.1) is 11.8 Å². The van der Waals surface area contributed by atoms with Crippen LogP contribution < -0.4 is 0 Å². The van der Waals surface area contributed by atoms with E-state index < -0.39 is 0 Å². The van der Waals surface area contributed by atoms with Gasteiger partial charge in [0.25, 0.3) is 0 Å². The minimum absolute atomic E-state index is 0.198. The Morgan fingerprint density at radius 1 is 1.29 bits per heavy atom. The molecule has 0 fully saturated rings. The molecule has 0 amide bonds. The normalized spacial score (nSPS) is 22.9. The highest BCUT2D eigenvalue weighted by molar-refractivity contribution is 7.99. The first-order valence-corrected chi connectivity index (χ1v) is 6.51. The number of hydrogen-bond donors (Lipinski definition) is 0. The summed E-state index contributed by atoms with van der Waals surface area (Å²) in [4.78, 5) is 1.06. The second kappa shape index (κ2) is 5.52. The standard InChI is InChI=1S/C14H15FOS/c1-16-14(9-3-2-4-10-14)11-17-13-7-5-12(15)6-8-13/h2-9H,10-11H2,1H3. The molecule has 0 spiro atoms. The first-order chi connectivity index (χ1) is 8.24. The fraction of sp³-hybridized carbons (Fsp3) is 0.286. The molecule has 3 heteroatoms. The number of hydrogen-bond acceptors (Lipinski definition) is 2. The molecule has 1 aromatic rings. The highest BCUT2D eigenvalue weighted by atomic mass is 32.2. The Bertz CT molecular complexity index is 424. The zero-order valence-electron chi connectivity index (χ0n) is 9.73. The summed E-state index contributed by atoms with van der Waals surface area (Å²) in [6.07, 6.45) is 9.12. The molecule has 2 rings (SSSR count). The molecular formula is C14H15FOS. The molecule has 1 atom stereocenters. The van der Waals surface area contributed by atoms with Gasteiger partial charge in [0.2, 0.25) is 0 Å². The number of methoxy groups -OCH3 is 1. The Balaban J connectivity index is 1.99. The quantitative estimate of drug-likeness (QED) is 0.751. The van der Waals surface area contributed by atoms with Crippen LogP contribution in [-0.2, 0) is 4.74 Å². The lowest BCUT2D eigenvalue weighted by atomic mass is 9.97. The van der Waals surface area contributed by atoms with Crippen molar-refractivity contribution in [3.8, 4) is 0 Å². The number of halogens is 1. The molecule has 1 aliphatic rings. The second-order valence-corrected chi connectivity index (χ2v) is 5.05. The van der Waals surface area contributed by atoms with Crippen LogP contribution in [0, 0.1) is 5.82 Å². The molecule has 0 N–H and O–H groups in total. The van der Waals surface area contributed by atoms with Gasteiger partial charge in [0, 0.05) is 17.8 Å². The highest BCUT2D eigenvalue weighted by Crippen LogP contribution is 2.30. The van der Waals surface area contributed by atoms with E-state index in [1.807, 2.05) is 12.2 Å². The first-order valence-electron chi connectivity index (χ1n) is 5.52. The summed E-state index contributed by atoms with van der Waals surface area (Å²) in [7, 11) is 1.73. The number of ether oxygens (including phenoxy) is 1. The molecule has 0 aromatic heterocycles. The number of allylic oxidation sites excluding steroid dienone is 2.